The van der Waals surface area contributed by atoms with Crippen LogP contribution in [-0.4, -0.2) is 33.8 Å². The molecular formula is C13H17NO4. The minimum atomic E-state index is -0.879. The van der Waals surface area contributed by atoms with Crippen molar-refractivity contribution in [3.63, 3.8) is 0 Å². The smallest absolute Gasteiger partial charge is 0.308 e. The maximum absolute atomic E-state index is 12.3. The van der Waals surface area contributed by atoms with Crippen LogP contribution >= 0.6 is 0 Å². The lowest BCUT2D eigenvalue weighted by atomic mass is 9.92. The molecule has 5 nitrogen and oxygen atoms in total. The summed E-state index contributed by atoms with van der Waals surface area (Å²) in [4.78, 5) is 37.0. The van der Waals surface area contributed by atoms with Crippen LogP contribution in [-0.2, 0) is 14.4 Å². The predicted molar refractivity (Wildman–Crippen MR) is 61.4 cm³/mol. The fourth-order valence-electron chi connectivity index (χ4n) is 3.80. The molecule has 0 aromatic carbocycles. The number of rotatable bonds is 2. The number of hydrogen-bond donors (Lipinski definition) is 1. The van der Waals surface area contributed by atoms with Crippen LogP contribution in [0.1, 0.15) is 38.5 Å². The van der Waals surface area contributed by atoms with Gasteiger partial charge in [0.15, 0.2) is 0 Å². The van der Waals surface area contributed by atoms with Gasteiger partial charge in [-0.3, -0.25) is 19.3 Å². The fraction of sp³-hybridized carbons (Fsp3) is 0.769. The highest BCUT2D eigenvalue weighted by Gasteiger charge is 2.50. The Morgan fingerprint density at radius 3 is 2.22 bits per heavy atom. The van der Waals surface area contributed by atoms with Crippen molar-refractivity contribution in [2.45, 2.75) is 44.6 Å². The first kappa shape index (κ1) is 11.7. The number of carbonyl (C=O) groups excluding carboxylic acids is 2. The lowest BCUT2D eigenvalue weighted by molar-refractivity contribution is -0.158. The molecule has 3 fully saturated rings. The third kappa shape index (κ3) is 1.56. The van der Waals surface area contributed by atoms with Crippen molar-refractivity contribution < 1.29 is 19.5 Å². The standard InChI is InChI=1S/C13H17NO4/c15-11-7-4-5-8(6-7)12(16)14(11)10-3-1-2-9(10)13(17)18/h7-10H,1-6H2,(H,17,18). The van der Waals surface area contributed by atoms with Crippen molar-refractivity contribution in [1.82, 2.24) is 4.90 Å². The van der Waals surface area contributed by atoms with Crippen LogP contribution in [0.5, 0.6) is 0 Å². The molecule has 0 radical (unpaired) electrons. The van der Waals surface area contributed by atoms with Gasteiger partial charge in [-0.05, 0) is 32.1 Å². The Hall–Kier alpha value is -1.39. The molecule has 3 rings (SSSR count). The Kier molecular flexibility index (Phi) is 2.64. The number of carboxylic acid groups (broad SMARTS) is 1. The van der Waals surface area contributed by atoms with Gasteiger partial charge in [0.1, 0.15) is 0 Å². The minimum absolute atomic E-state index is 0.0391. The number of piperidine rings is 1. The molecule has 1 heterocycles. The normalized spacial score (nSPS) is 39.4. The zero-order valence-electron chi connectivity index (χ0n) is 10.2. The van der Waals surface area contributed by atoms with Gasteiger partial charge in [0.05, 0.1) is 12.0 Å². The molecular weight excluding hydrogens is 234 g/mol. The molecule has 4 atom stereocenters. The van der Waals surface area contributed by atoms with Crippen molar-refractivity contribution in [2.75, 3.05) is 0 Å². The summed E-state index contributed by atoms with van der Waals surface area (Å²) in [6.07, 6.45) is 4.26. The highest BCUT2D eigenvalue weighted by Crippen LogP contribution is 2.42. The summed E-state index contributed by atoms with van der Waals surface area (Å²) >= 11 is 0. The van der Waals surface area contributed by atoms with E-state index in [1.165, 1.54) is 4.90 Å². The number of nitrogens with zero attached hydrogens (tertiary/aromatic N) is 1. The highest BCUT2D eigenvalue weighted by molar-refractivity contribution is 6.01. The average molecular weight is 251 g/mol. The fourth-order valence-corrected chi connectivity index (χ4v) is 3.80. The molecule has 2 aliphatic carbocycles. The summed E-state index contributed by atoms with van der Waals surface area (Å²) in [5.74, 6) is -1.75. The number of imide groups is 1. The van der Waals surface area contributed by atoms with Gasteiger partial charge in [0, 0.05) is 11.8 Å². The zero-order chi connectivity index (χ0) is 12.9. The Labute approximate surface area is 105 Å². The molecule has 18 heavy (non-hydrogen) atoms. The first-order valence-electron chi connectivity index (χ1n) is 6.69. The number of fused-ring (bicyclic) bond motifs is 2. The number of amides is 2. The molecule has 5 heteroatoms. The van der Waals surface area contributed by atoms with Crippen molar-refractivity contribution in [2.24, 2.45) is 17.8 Å². The third-order valence-electron chi connectivity index (χ3n) is 4.73. The van der Waals surface area contributed by atoms with Gasteiger partial charge in [-0.15, -0.1) is 0 Å². The maximum atomic E-state index is 12.3. The zero-order valence-corrected chi connectivity index (χ0v) is 10.2. The van der Waals surface area contributed by atoms with E-state index < -0.39 is 17.9 Å². The largest absolute Gasteiger partial charge is 0.481 e. The molecule has 2 amide bonds. The van der Waals surface area contributed by atoms with E-state index in [4.69, 9.17) is 0 Å². The summed E-state index contributed by atoms with van der Waals surface area (Å²) in [7, 11) is 0. The van der Waals surface area contributed by atoms with Crippen molar-refractivity contribution in [3.8, 4) is 0 Å². The Morgan fingerprint density at radius 2 is 1.67 bits per heavy atom. The summed E-state index contributed by atoms with van der Waals surface area (Å²) in [5, 5.41) is 9.18. The minimum Gasteiger partial charge on any atom is -0.481 e. The van der Waals surface area contributed by atoms with Gasteiger partial charge in [-0.25, -0.2) is 0 Å². The second-order valence-electron chi connectivity index (χ2n) is 5.70. The van der Waals surface area contributed by atoms with Crippen molar-refractivity contribution in [3.05, 3.63) is 0 Å². The van der Waals surface area contributed by atoms with Crippen molar-refractivity contribution in [1.29, 1.82) is 0 Å². The lowest BCUT2D eigenvalue weighted by Crippen LogP contribution is -2.53. The number of likely N-dealkylation sites (tertiary alicyclic amines) is 1. The Morgan fingerprint density at radius 1 is 1.06 bits per heavy atom. The van der Waals surface area contributed by atoms with Crippen LogP contribution in [0.2, 0.25) is 0 Å². The number of hydrogen-bond acceptors (Lipinski definition) is 3. The van der Waals surface area contributed by atoms with Crippen LogP contribution in [0.4, 0.5) is 0 Å². The van der Waals surface area contributed by atoms with E-state index in [-0.39, 0.29) is 23.7 Å². The number of carboxylic acids is 1. The van der Waals surface area contributed by atoms with Gasteiger partial charge < -0.3 is 5.11 Å². The lowest BCUT2D eigenvalue weighted by Gasteiger charge is -2.35. The van der Waals surface area contributed by atoms with Crippen LogP contribution in [0.25, 0.3) is 0 Å². The molecule has 2 bridgehead atoms. The monoisotopic (exact) mass is 251 g/mol. The quantitative estimate of drug-likeness (QED) is 0.744. The van der Waals surface area contributed by atoms with E-state index in [2.05, 4.69) is 0 Å². The molecule has 0 aromatic rings. The van der Waals surface area contributed by atoms with Gasteiger partial charge in [0.2, 0.25) is 11.8 Å². The van der Waals surface area contributed by atoms with Crippen LogP contribution in [0.3, 0.4) is 0 Å². The average Bonchev–Trinajstić information content (AvgIpc) is 2.95. The van der Waals surface area contributed by atoms with Crippen molar-refractivity contribution >= 4 is 17.8 Å². The Balaban J connectivity index is 1.88. The van der Waals surface area contributed by atoms with Gasteiger partial charge in [0.25, 0.3) is 0 Å². The molecule has 1 saturated heterocycles. The van der Waals surface area contributed by atoms with E-state index >= 15 is 0 Å². The summed E-state index contributed by atoms with van der Waals surface area (Å²) < 4.78 is 0. The molecule has 2 saturated carbocycles. The van der Waals surface area contributed by atoms with E-state index in [9.17, 15) is 19.5 Å². The van der Waals surface area contributed by atoms with Crippen LogP contribution < -0.4 is 0 Å². The van der Waals surface area contributed by atoms with E-state index in [0.717, 1.165) is 19.3 Å². The summed E-state index contributed by atoms with van der Waals surface area (Å²) in [6, 6.07) is -0.397. The number of aliphatic carboxylic acids is 1. The summed E-state index contributed by atoms with van der Waals surface area (Å²) in [5.41, 5.74) is 0. The molecule has 1 N–H and O–H groups in total. The molecule has 98 valence electrons. The van der Waals surface area contributed by atoms with Crippen LogP contribution in [0.15, 0.2) is 0 Å². The third-order valence-corrected chi connectivity index (χ3v) is 4.73. The molecule has 1 aliphatic heterocycles. The molecule has 0 spiro atoms. The molecule has 4 unspecified atom stereocenters. The first-order chi connectivity index (χ1) is 8.59. The van der Waals surface area contributed by atoms with Gasteiger partial charge >= 0.3 is 5.97 Å². The SMILES string of the molecule is O=C(O)C1CCCC1N1C(=O)C2CCC(C2)C1=O. The highest BCUT2D eigenvalue weighted by atomic mass is 16.4. The van der Waals surface area contributed by atoms with Gasteiger partial charge in [-0.2, -0.15) is 0 Å². The van der Waals surface area contributed by atoms with Crippen LogP contribution in [0, 0.1) is 17.8 Å². The predicted octanol–water partition coefficient (Wildman–Crippen LogP) is 1.02. The number of carbonyl (C=O) groups is 3. The van der Waals surface area contributed by atoms with E-state index in [1.54, 1.807) is 0 Å². The summed E-state index contributed by atoms with van der Waals surface area (Å²) in [6.45, 7) is 0. The molecule has 0 aromatic heterocycles. The van der Waals surface area contributed by atoms with E-state index in [0.29, 0.717) is 19.3 Å². The first-order valence-corrected chi connectivity index (χ1v) is 6.69. The molecule has 3 aliphatic rings. The van der Waals surface area contributed by atoms with E-state index in [1.807, 2.05) is 0 Å². The topological polar surface area (TPSA) is 74.7 Å². The second kappa shape index (κ2) is 4.07. The Bertz CT molecular complexity index is 397. The maximum Gasteiger partial charge on any atom is 0.308 e. The second-order valence-corrected chi connectivity index (χ2v) is 5.70. The van der Waals surface area contributed by atoms with Gasteiger partial charge in [-0.1, -0.05) is 6.42 Å².